The number of furan rings is 1. The van der Waals surface area contributed by atoms with Crippen LogP contribution in [0.3, 0.4) is 0 Å². The summed E-state index contributed by atoms with van der Waals surface area (Å²) in [5, 5.41) is 3.28. The lowest BCUT2D eigenvalue weighted by Gasteiger charge is -2.25. The highest BCUT2D eigenvalue weighted by molar-refractivity contribution is 5.82. The van der Waals surface area contributed by atoms with Gasteiger partial charge in [0.05, 0.1) is 18.8 Å². The van der Waals surface area contributed by atoms with Crippen LogP contribution in [0.4, 0.5) is 0 Å². The number of nitrogens with zero attached hydrogens (tertiary/aromatic N) is 1. The summed E-state index contributed by atoms with van der Waals surface area (Å²) in [4.78, 5) is 14.2. The molecule has 2 heterocycles. The van der Waals surface area contributed by atoms with Crippen molar-refractivity contribution >= 4 is 5.91 Å². The van der Waals surface area contributed by atoms with Crippen molar-refractivity contribution in [3.05, 3.63) is 24.2 Å². The number of likely N-dealkylation sites (N-methyl/N-ethyl adjacent to an activating group) is 1. The Morgan fingerprint density at radius 3 is 3.00 bits per heavy atom. The number of amides is 1. The molecule has 0 radical (unpaired) electrons. The molecule has 94 valence electrons. The van der Waals surface area contributed by atoms with Crippen LogP contribution in [0.15, 0.2) is 22.8 Å². The third-order valence-corrected chi connectivity index (χ3v) is 3.42. The fourth-order valence-corrected chi connectivity index (χ4v) is 2.30. The number of hydrogen-bond donors (Lipinski definition) is 1. The smallest absolute Gasteiger partial charge is 0.240 e. The largest absolute Gasteiger partial charge is 0.467 e. The third kappa shape index (κ3) is 2.69. The van der Waals surface area contributed by atoms with Crippen LogP contribution in [0.2, 0.25) is 0 Å². The Kier molecular flexibility index (Phi) is 3.84. The monoisotopic (exact) mass is 236 g/mol. The number of carbonyl (C=O) groups is 1. The van der Waals surface area contributed by atoms with Gasteiger partial charge in [-0.15, -0.1) is 0 Å². The summed E-state index contributed by atoms with van der Waals surface area (Å²) >= 11 is 0. The van der Waals surface area contributed by atoms with Gasteiger partial charge < -0.3 is 14.6 Å². The van der Waals surface area contributed by atoms with E-state index in [0.29, 0.717) is 19.0 Å². The van der Waals surface area contributed by atoms with Gasteiger partial charge in [0.15, 0.2) is 0 Å². The van der Waals surface area contributed by atoms with Crippen LogP contribution >= 0.6 is 0 Å². The fraction of sp³-hybridized carbons (Fsp3) is 0.615. The van der Waals surface area contributed by atoms with E-state index in [4.69, 9.17) is 4.42 Å². The third-order valence-electron chi connectivity index (χ3n) is 3.42. The second-order valence-corrected chi connectivity index (χ2v) is 4.63. The van der Waals surface area contributed by atoms with Gasteiger partial charge in [-0.2, -0.15) is 0 Å². The molecule has 0 bridgehead atoms. The molecule has 0 saturated carbocycles. The zero-order valence-electron chi connectivity index (χ0n) is 10.5. The van der Waals surface area contributed by atoms with Gasteiger partial charge in [-0.05, 0) is 37.9 Å². The average molecular weight is 236 g/mol. The molecule has 0 aromatic carbocycles. The van der Waals surface area contributed by atoms with E-state index >= 15 is 0 Å². The van der Waals surface area contributed by atoms with Gasteiger partial charge in [0, 0.05) is 6.54 Å². The molecule has 1 aliphatic rings. The highest BCUT2D eigenvalue weighted by Gasteiger charge is 2.32. The van der Waals surface area contributed by atoms with Crippen LogP contribution in [0.1, 0.15) is 26.0 Å². The maximum Gasteiger partial charge on any atom is 0.240 e. The van der Waals surface area contributed by atoms with Crippen molar-refractivity contribution in [2.24, 2.45) is 5.92 Å². The van der Waals surface area contributed by atoms with Crippen LogP contribution in [0.25, 0.3) is 0 Å². The van der Waals surface area contributed by atoms with Gasteiger partial charge in [0.25, 0.3) is 0 Å². The van der Waals surface area contributed by atoms with Gasteiger partial charge in [0.1, 0.15) is 5.76 Å². The Morgan fingerprint density at radius 2 is 2.47 bits per heavy atom. The van der Waals surface area contributed by atoms with Crippen molar-refractivity contribution in [3.63, 3.8) is 0 Å². The first-order chi connectivity index (χ1) is 8.22. The summed E-state index contributed by atoms with van der Waals surface area (Å²) in [6, 6.07) is 3.73. The van der Waals surface area contributed by atoms with E-state index in [9.17, 15) is 4.79 Å². The predicted molar refractivity (Wildman–Crippen MR) is 65.4 cm³/mol. The minimum absolute atomic E-state index is 0.0232. The van der Waals surface area contributed by atoms with Crippen LogP contribution in [0.5, 0.6) is 0 Å². The number of nitrogens with one attached hydrogen (secondary N) is 1. The average Bonchev–Trinajstić information content (AvgIpc) is 2.96. The summed E-state index contributed by atoms with van der Waals surface area (Å²) < 4.78 is 5.29. The Labute approximate surface area is 102 Å². The van der Waals surface area contributed by atoms with Gasteiger partial charge in [0.2, 0.25) is 5.91 Å². The second-order valence-electron chi connectivity index (χ2n) is 4.63. The van der Waals surface area contributed by atoms with Crippen LogP contribution in [0, 0.1) is 5.92 Å². The first kappa shape index (κ1) is 12.2. The number of hydrogen-bond acceptors (Lipinski definition) is 3. The van der Waals surface area contributed by atoms with Crippen molar-refractivity contribution in [2.75, 3.05) is 13.1 Å². The summed E-state index contributed by atoms with van der Waals surface area (Å²) in [6.07, 6.45) is 2.72. The predicted octanol–water partition coefficient (Wildman–Crippen LogP) is 1.63. The molecular formula is C13H20N2O2. The molecule has 1 N–H and O–H groups in total. The maximum absolute atomic E-state index is 12.3. The Morgan fingerprint density at radius 1 is 1.65 bits per heavy atom. The summed E-state index contributed by atoms with van der Waals surface area (Å²) in [5.74, 6) is 1.45. The second kappa shape index (κ2) is 5.36. The van der Waals surface area contributed by atoms with E-state index in [0.717, 1.165) is 18.7 Å². The summed E-state index contributed by atoms with van der Waals surface area (Å²) in [7, 11) is 0. The van der Waals surface area contributed by atoms with E-state index in [-0.39, 0.29) is 11.9 Å². The fourth-order valence-electron chi connectivity index (χ4n) is 2.30. The SMILES string of the molecule is CCN(Cc1ccco1)C(=O)C1NCCC1C. The number of rotatable bonds is 4. The molecule has 2 rings (SSSR count). The highest BCUT2D eigenvalue weighted by atomic mass is 16.3. The Hall–Kier alpha value is -1.29. The Bertz CT molecular complexity index is 362. The van der Waals surface area contributed by atoms with Crippen LogP contribution in [-0.4, -0.2) is 29.9 Å². The van der Waals surface area contributed by atoms with E-state index in [2.05, 4.69) is 12.2 Å². The van der Waals surface area contributed by atoms with E-state index in [1.54, 1.807) is 6.26 Å². The molecule has 4 heteroatoms. The molecule has 17 heavy (non-hydrogen) atoms. The first-order valence-electron chi connectivity index (χ1n) is 6.27. The first-order valence-corrected chi connectivity index (χ1v) is 6.27. The van der Waals surface area contributed by atoms with Gasteiger partial charge in [-0.25, -0.2) is 0 Å². The van der Waals surface area contributed by atoms with Gasteiger partial charge in [-0.1, -0.05) is 6.92 Å². The van der Waals surface area contributed by atoms with Crippen LogP contribution < -0.4 is 5.32 Å². The lowest BCUT2D eigenvalue weighted by atomic mass is 10.0. The Balaban J connectivity index is 2.00. The van der Waals surface area contributed by atoms with E-state index < -0.39 is 0 Å². The molecular weight excluding hydrogens is 216 g/mol. The van der Waals surface area contributed by atoms with Crippen LogP contribution in [-0.2, 0) is 11.3 Å². The molecule has 1 saturated heterocycles. The quantitative estimate of drug-likeness (QED) is 0.864. The molecule has 2 unspecified atom stereocenters. The van der Waals surface area contributed by atoms with Crippen molar-refractivity contribution in [2.45, 2.75) is 32.9 Å². The van der Waals surface area contributed by atoms with Gasteiger partial charge >= 0.3 is 0 Å². The molecule has 0 aliphatic carbocycles. The molecule has 2 atom stereocenters. The standard InChI is InChI=1S/C13H20N2O2/c1-3-15(9-11-5-4-8-17-11)13(16)12-10(2)6-7-14-12/h4-5,8,10,12,14H,3,6-7,9H2,1-2H3. The molecule has 1 amide bonds. The van der Waals surface area contributed by atoms with Crippen molar-refractivity contribution in [1.29, 1.82) is 0 Å². The summed E-state index contributed by atoms with van der Waals surface area (Å²) in [5.41, 5.74) is 0. The van der Waals surface area contributed by atoms with Gasteiger partial charge in [-0.3, -0.25) is 4.79 Å². The van der Waals surface area contributed by atoms with E-state index in [1.807, 2.05) is 24.0 Å². The van der Waals surface area contributed by atoms with E-state index in [1.165, 1.54) is 0 Å². The zero-order chi connectivity index (χ0) is 12.3. The number of carbonyl (C=O) groups excluding carboxylic acids is 1. The molecule has 1 fully saturated rings. The maximum atomic E-state index is 12.3. The minimum Gasteiger partial charge on any atom is -0.467 e. The molecule has 1 aromatic rings. The lowest BCUT2D eigenvalue weighted by molar-refractivity contribution is -0.134. The summed E-state index contributed by atoms with van der Waals surface area (Å²) in [6.45, 7) is 6.34. The molecule has 1 aromatic heterocycles. The van der Waals surface area contributed by atoms with Crippen molar-refractivity contribution in [1.82, 2.24) is 10.2 Å². The van der Waals surface area contributed by atoms with Crippen molar-refractivity contribution in [3.8, 4) is 0 Å². The van der Waals surface area contributed by atoms with Crippen molar-refractivity contribution < 1.29 is 9.21 Å². The topological polar surface area (TPSA) is 45.5 Å². The highest BCUT2D eigenvalue weighted by Crippen LogP contribution is 2.17. The minimum atomic E-state index is -0.0232. The molecule has 4 nitrogen and oxygen atoms in total. The zero-order valence-corrected chi connectivity index (χ0v) is 10.5. The lowest BCUT2D eigenvalue weighted by Crippen LogP contribution is -2.45. The molecule has 1 aliphatic heterocycles. The molecule has 0 spiro atoms. The normalized spacial score (nSPS) is 23.9.